The van der Waals surface area contributed by atoms with Crippen molar-refractivity contribution in [2.45, 2.75) is 20.4 Å². The van der Waals surface area contributed by atoms with Crippen LogP contribution in [0.2, 0.25) is 0 Å². The maximum absolute atomic E-state index is 4.67. The van der Waals surface area contributed by atoms with E-state index in [9.17, 15) is 0 Å². The summed E-state index contributed by atoms with van der Waals surface area (Å²) in [6, 6.07) is 20.6. The summed E-state index contributed by atoms with van der Waals surface area (Å²) in [5.41, 5.74) is 3.56. The van der Waals surface area contributed by atoms with Gasteiger partial charge in [-0.15, -0.1) is 0 Å². The summed E-state index contributed by atoms with van der Waals surface area (Å²) >= 11 is 0. The van der Waals surface area contributed by atoms with E-state index < -0.39 is 0 Å². The summed E-state index contributed by atoms with van der Waals surface area (Å²) in [6.07, 6.45) is 1.80. The van der Waals surface area contributed by atoms with Crippen LogP contribution in [0.5, 0.6) is 0 Å². The molecule has 0 atom stereocenters. The summed E-state index contributed by atoms with van der Waals surface area (Å²) in [4.78, 5) is 11.2. The van der Waals surface area contributed by atoms with E-state index in [2.05, 4.69) is 70.4 Å². The highest BCUT2D eigenvalue weighted by atomic mass is 15.3. The third kappa shape index (κ3) is 3.90. The van der Waals surface area contributed by atoms with E-state index >= 15 is 0 Å². The fraction of sp³-hybridized carbons (Fsp3) is 0.200. The predicted molar refractivity (Wildman–Crippen MR) is 99.7 cm³/mol. The zero-order chi connectivity index (χ0) is 16.8. The number of nitrogens with zero attached hydrogens (tertiary/aromatic N) is 3. The number of hydrogen-bond acceptors (Lipinski definition) is 4. The van der Waals surface area contributed by atoms with Crippen LogP contribution in [0.3, 0.4) is 0 Å². The van der Waals surface area contributed by atoms with E-state index in [1.807, 2.05) is 24.3 Å². The average molecular weight is 318 g/mol. The van der Waals surface area contributed by atoms with Crippen LogP contribution in [0.1, 0.15) is 18.1 Å². The molecule has 0 bridgehead atoms. The number of rotatable bonds is 6. The molecule has 0 radical (unpaired) electrons. The standard InChI is InChI=1S/C20H22N4/c1-3-24(18-11-7-8-16(2)14-18)20-21-13-12-19(23-20)22-15-17-9-5-4-6-10-17/h4-14H,3,15H2,1-2H3,(H,21,22,23). The van der Waals surface area contributed by atoms with Crippen molar-refractivity contribution in [3.63, 3.8) is 0 Å². The lowest BCUT2D eigenvalue weighted by molar-refractivity contribution is 0.941. The highest BCUT2D eigenvalue weighted by Gasteiger charge is 2.11. The van der Waals surface area contributed by atoms with Crippen molar-refractivity contribution in [3.05, 3.63) is 78.0 Å². The molecular weight excluding hydrogens is 296 g/mol. The minimum Gasteiger partial charge on any atom is -0.366 e. The molecule has 0 unspecified atom stereocenters. The molecule has 122 valence electrons. The Balaban J connectivity index is 1.78. The minimum atomic E-state index is 0.709. The van der Waals surface area contributed by atoms with Crippen LogP contribution in [-0.2, 0) is 6.54 Å². The SMILES string of the molecule is CCN(c1cccc(C)c1)c1nccc(NCc2ccccc2)n1. The third-order valence-corrected chi connectivity index (χ3v) is 3.83. The van der Waals surface area contributed by atoms with Gasteiger partial charge in [-0.1, -0.05) is 42.5 Å². The summed E-state index contributed by atoms with van der Waals surface area (Å²) in [7, 11) is 0. The summed E-state index contributed by atoms with van der Waals surface area (Å²) < 4.78 is 0. The number of aryl methyl sites for hydroxylation is 1. The van der Waals surface area contributed by atoms with Crippen molar-refractivity contribution >= 4 is 17.5 Å². The van der Waals surface area contributed by atoms with E-state index in [-0.39, 0.29) is 0 Å². The molecule has 1 N–H and O–H groups in total. The topological polar surface area (TPSA) is 41.1 Å². The molecule has 0 saturated heterocycles. The first-order chi connectivity index (χ1) is 11.8. The van der Waals surface area contributed by atoms with Gasteiger partial charge in [-0.05, 0) is 43.2 Å². The number of hydrogen-bond donors (Lipinski definition) is 1. The maximum atomic E-state index is 4.67. The molecule has 1 aromatic heterocycles. The number of aromatic nitrogens is 2. The normalized spacial score (nSPS) is 10.4. The van der Waals surface area contributed by atoms with E-state index in [1.165, 1.54) is 11.1 Å². The van der Waals surface area contributed by atoms with Crippen LogP contribution in [0.4, 0.5) is 17.5 Å². The van der Waals surface area contributed by atoms with Crippen LogP contribution >= 0.6 is 0 Å². The van der Waals surface area contributed by atoms with Crippen molar-refractivity contribution in [2.24, 2.45) is 0 Å². The first-order valence-electron chi connectivity index (χ1n) is 8.21. The first kappa shape index (κ1) is 16.0. The van der Waals surface area contributed by atoms with E-state index in [1.54, 1.807) is 6.20 Å². The predicted octanol–water partition coefficient (Wildman–Crippen LogP) is 4.56. The summed E-state index contributed by atoms with van der Waals surface area (Å²) in [6.45, 7) is 5.76. The Morgan fingerprint density at radius 2 is 1.83 bits per heavy atom. The number of benzene rings is 2. The average Bonchev–Trinajstić information content (AvgIpc) is 2.62. The van der Waals surface area contributed by atoms with Gasteiger partial charge in [0.15, 0.2) is 0 Å². The second-order valence-corrected chi connectivity index (χ2v) is 5.66. The van der Waals surface area contributed by atoms with Crippen molar-refractivity contribution in [2.75, 3.05) is 16.8 Å². The van der Waals surface area contributed by atoms with Crippen molar-refractivity contribution < 1.29 is 0 Å². The molecular formula is C20H22N4. The molecule has 1 heterocycles. The lowest BCUT2D eigenvalue weighted by atomic mass is 10.2. The number of anilines is 3. The molecule has 0 saturated carbocycles. The van der Waals surface area contributed by atoms with Gasteiger partial charge < -0.3 is 10.2 Å². The van der Waals surface area contributed by atoms with Crippen molar-refractivity contribution in [3.8, 4) is 0 Å². The van der Waals surface area contributed by atoms with Gasteiger partial charge in [0.2, 0.25) is 5.95 Å². The van der Waals surface area contributed by atoms with Gasteiger partial charge in [0.05, 0.1) is 0 Å². The highest BCUT2D eigenvalue weighted by Crippen LogP contribution is 2.23. The van der Waals surface area contributed by atoms with Gasteiger partial charge in [0.1, 0.15) is 5.82 Å². The van der Waals surface area contributed by atoms with Crippen molar-refractivity contribution in [1.82, 2.24) is 9.97 Å². The zero-order valence-electron chi connectivity index (χ0n) is 14.1. The van der Waals surface area contributed by atoms with E-state index in [0.29, 0.717) is 5.95 Å². The van der Waals surface area contributed by atoms with Crippen LogP contribution in [0.25, 0.3) is 0 Å². The van der Waals surface area contributed by atoms with Crippen LogP contribution in [0.15, 0.2) is 66.9 Å². The maximum Gasteiger partial charge on any atom is 0.231 e. The summed E-state index contributed by atoms with van der Waals surface area (Å²) in [5.74, 6) is 1.54. The molecule has 0 aliphatic carbocycles. The Morgan fingerprint density at radius 1 is 1.00 bits per heavy atom. The second-order valence-electron chi connectivity index (χ2n) is 5.66. The molecule has 0 aliphatic rings. The Labute approximate surface area is 143 Å². The smallest absolute Gasteiger partial charge is 0.231 e. The Kier molecular flexibility index (Phi) is 5.06. The van der Waals surface area contributed by atoms with Gasteiger partial charge in [0.25, 0.3) is 0 Å². The molecule has 0 amide bonds. The number of nitrogens with one attached hydrogen (secondary N) is 1. The van der Waals surface area contributed by atoms with E-state index in [0.717, 1.165) is 24.6 Å². The lowest BCUT2D eigenvalue weighted by Crippen LogP contribution is -2.19. The van der Waals surface area contributed by atoms with Crippen LogP contribution in [0, 0.1) is 6.92 Å². The molecule has 3 rings (SSSR count). The highest BCUT2D eigenvalue weighted by molar-refractivity contribution is 5.59. The van der Waals surface area contributed by atoms with Crippen LogP contribution < -0.4 is 10.2 Å². The van der Waals surface area contributed by atoms with Gasteiger partial charge in [-0.25, -0.2) is 4.98 Å². The Hall–Kier alpha value is -2.88. The fourth-order valence-corrected chi connectivity index (χ4v) is 2.60. The molecule has 4 nitrogen and oxygen atoms in total. The second kappa shape index (κ2) is 7.59. The Morgan fingerprint density at radius 3 is 2.58 bits per heavy atom. The Bertz CT molecular complexity index is 786. The fourth-order valence-electron chi connectivity index (χ4n) is 2.60. The summed E-state index contributed by atoms with van der Waals surface area (Å²) in [5, 5.41) is 3.37. The van der Waals surface area contributed by atoms with Gasteiger partial charge in [0, 0.05) is 25.0 Å². The molecule has 2 aromatic carbocycles. The van der Waals surface area contributed by atoms with E-state index in [4.69, 9.17) is 0 Å². The lowest BCUT2D eigenvalue weighted by Gasteiger charge is -2.21. The first-order valence-corrected chi connectivity index (χ1v) is 8.21. The molecule has 0 fully saturated rings. The molecule has 24 heavy (non-hydrogen) atoms. The molecule has 3 aromatic rings. The zero-order valence-corrected chi connectivity index (χ0v) is 14.1. The molecule has 0 spiro atoms. The third-order valence-electron chi connectivity index (χ3n) is 3.83. The van der Waals surface area contributed by atoms with Gasteiger partial charge in [-0.2, -0.15) is 4.98 Å². The largest absolute Gasteiger partial charge is 0.366 e. The quantitative estimate of drug-likeness (QED) is 0.723. The molecule has 0 aliphatic heterocycles. The minimum absolute atomic E-state index is 0.709. The van der Waals surface area contributed by atoms with Crippen molar-refractivity contribution in [1.29, 1.82) is 0 Å². The van der Waals surface area contributed by atoms with Gasteiger partial charge >= 0.3 is 0 Å². The molecule has 4 heteroatoms. The van der Waals surface area contributed by atoms with Crippen LogP contribution in [-0.4, -0.2) is 16.5 Å². The monoisotopic (exact) mass is 318 g/mol. The van der Waals surface area contributed by atoms with Gasteiger partial charge in [-0.3, -0.25) is 0 Å².